The summed E-state index contributed by atoms with van der Waals surface area (Å²) in [5, 5.41) is 0. The predicted molar refractivity (Wildman–Crippen MR) is 47.0 cm³/mol. The quantitative estimate of drug-likeness (QED) is 0.568. The van der Waals surface area contributed by atoms with Gasteiger partial charge in [-0.2, -0.15) is 0 Å². The van der Waals surface area contributed by atoms with Crippen LogP contribution in [-0.2, 0) is 14.3 Å². The third kappa shape index (κ3) is 9.43. The lowest BCUT2D eigenvalue weighted by molar-refractivity contribution is -0.144. The van der Waals surface area contributed by atoms with E-state index in [1.807, 2.05) is 13.8 Å². The molecule has 0 aliphatic carbocycles. The molecule has 0 atom stereocenters. The average Bonchev–Trinajstić information content (AvgIpc) is 2.36. The van der Waals surface area contributed by atoms with E-state index in [2.05, 4.69) is 4.74 Å². The molecule has 3 nitrogen and oxygen atoms in total. The van der Waals surface area contributed by atoms with Gasteiger partial charge in [0.1, 0.15) is 0 Å². The second-order valence-corrected chi connectivity index (χ2v) is 2.98. The van der Waals surface area contributed by atoms with Crippen molar-refractivity contribution in [3.8, 4) is 0 Å². The zero-order chi connectivity index (χ0) is 9.40. The Kier molecular flexibility index (Phi) is 6.76. The van der Waals surface area contributed by atoms with Crippen LogP contribution in [0.5, 0.6) is 0 Å². The van der Waals surface area contributed by atoms with Gasteiger partial charge in [-0.3, -0.25) is 4.79 Å². The molecule has 1 aliphatic rings. The highest BCUT2D eigenvalue weighted by atomic mass is 16.5. The number of hydrogen-bond donors (Lipinski definition) is 0. The largest absolute Gasteiger partial charge is 0.463 e. The highest BCUT2D eigenvalue weighted by molar-refractivity contribution is 5.66. The lowest BCUT2D eigenvalue weighted by Crippen LogP contribution is -2.06. The fourth-order valence-electron chi connectivity index (χ4n) is 0.842. The maximum absolute atomic E-state index is 10.0. The van der Waals surface area contributed by atoms with Gasteiger partial charge in [-0.1, -0.05) is 0 Å². The molecule has 12 heavy (non-hydrogen) atoms. The molecule has 1 fully saturated rings. The van der Waals surface area contributed by atoms with Gasteiger partial charge in [0.15, 0.2) is 0 Å². The fourth-order valence-corrected chi connectivity index (χ4v) is 0.842. The van der Waals surface area contributed by atoms with Crippen LogP contribution in [0.1, 0.15) is 33.6 Å². The van der Waals surface area contributed by atoms with E-state index in [4.69, 9.17) is 4.74 Å². The minimum absolute atomic E-state index is 0.0255. The summed E-state index contributed by atoms with van der Waals surface area (Å²) < 4.78 is 9.56. The van der Waals surface area contributed by atoms with Crippen molar-refractivity contribution in [1.29, 1.82) is 0 Å². The summed E-state index contributed by atoms with van der Waals surface area (Å²) in [7, 11) is 0. The standard InChI is InChI=1S/C5H10O2.C4H8O/c1-4(2)7-5(3)6;1-2-4-5-3-1/h4H,1-3H3;1-4H2. The normalized spacial score (nSPS) is 15.3. The van der Waals surface area contributed by atoms with Gasteiger partial charge in [0.05, 0.1) is 6.10 Å². The predicted octanol–water partition coefficient (Wildman–Crippen LogP) is 1.75. The van der Waals surface area contributed by atoms with Crippen molar-refractivity contribution in [2.45, 2.75) is 39.7 Å². The first kappa shape index (κ1) is 11.4. The highest BCUT2D eigenvalue weighted by Gasteiger charge is 1.94. The second-order valence-electron chi connectivity index (χ2n) is 2.98. The molecule has 0 saturated carbocycles. The number of esters is 1. The van der Waals surface area contributed by atoms with Gasteiger partial charge in [0.25, 0.3) is 0 Å². The molecule has 1 rings (SSSR count). The van der Waals surface area contributed by atoms with Crippen LogP contribution in [0.15, 0.2) is 0 Å². The lowest BCUT2D eigenvalue weighted by Gasteiger charge is -2.01. The summed E-state index contributed by atoms with van der Waals surface area (Å²) >= 11 is 0. The number of carbonyl (C=O) groups is 1. The molecule has 0 aromatic heterocycles. The van der Waals surface area contributed by atoms with Gasteiger partial charge in [-0.05, 0) is 26.7 Å². The molecule has 1 aliphatic heterocycles. The van der Waals surface area contributed by atoms with Crippen LogP contribution in [0, 0.1) is 0 Å². The Hall–Kier alpha value is -0.570. The Bertz CT molecular complexity index is 109. The third-order valence-corrected chi connectivity index (χ3v) is 1.23. The zero-order valence-corrected chi connectivity index (χ0v) is 8.13. The van der Waals surface area contributed by atoms with Crippen LogP contribution in [0.3, 0.4) is 0 Å². The first-order chi connectivity index (χ1) is 5.63. The van der Waals surface area contributed by atoms with Crippen LogP contribution >= 0.6 is 0 Å². The fraction of sp³-hybridized carbons (Fsp3) is 0.889. The molecular weight excluding hydrogens is 156 g/mol. The van der Waals surface area contributed by atoms with Crippen LogP contribution < -0.4 is 0 Å². The molecule has 0 amide bonds. The monoisotopic (exact) mass is 174 g/mol. The second kappa shape index (κ2) is 7.10. The van der Waals surface area contributed by atoms with Gasteiger partial charge in [0.2, 0.25) is 0 Å². The number of carbonyl (C=O) groups excluding carboxylic acids is 1. The van der Waals surface area contributed by atoms with Crippen molar-refractivity contribution in [2.24, 2.45) is 0 Å². The number of hydrogen-bond acceptors (Lipinski definition) is 3. The maximum atomic E-state index is 10.0. The summed E-state index contributed by atoms with van der Waals surface area (Å²) in [4.78, 5) is 10.0. The van der Waals surface area contributed by atoms with Crippen molar-refractivity contribution in [2.75, 3.05) is 13.2 Å². The number of rotatable bonds is 1. The zero-order valence-electron chi connectivity index (χ0n) is 8.13. The minimum atomic E-state index is -0.213. The van der Waals surface area contributed by atoms with Gasteiger partial charge in [-0.25, -0.2) is 0 Å². The Morgan fingerprint density at radius 3 is 1.92 bits per heavy atom. The van der Waals surface area contributed by atoms with Gasteiger partial charge in [-0.15, -0.1) is 0 Å². The van der Waals surface area contributed by atoms with Gasteiger partial charge < -0.3 is 9.47 Å². The third-order valence-electron chi connectivity index (χ3n) is 1.23. The van der Waals surface area contributed by atoms with Crippen molar-refractivity contribution in [1.82, 2.24) is 0 Å². The number of ether oxygens (including phenoxy) is 2. The maximum Gasteiger partial charge on any atom is 0.302 e. The smallest absolute Gasteiger partial charge is 0.302 e. The van der Waals surface area contributed by atoms with E-state index in [9.17, 15) is 4.79 Å². The summed E-state index contributed by atoms with van der Waals surface area (Å²) in [6, 6.07) is 0. The molecule has 0 bridgehead atoms. The lowest BCUT2D eigenvalue weighted by atomic mass is 10.4. The molecule has 0 aromatic rings. The van der Waals surface area contributed by atoms with E-state index in [-0.39, 0.29) is 12.1 Å². The van der Waals surface area contributed by atoms with Crippen molar-refractivity contribution >= 4 is 5.97 Å². The van der Waals surface area contributed by atoms with E-state index in [1.54, 1.807) is 0 Å². The molecule has 1 saturated heterocycles. The Balaban J connectivity index is 0.000000211. The Morgan fingerprint density at radius 2 is 1.83 bits per heavy atom. The summed E-state index contributed by atoms with van der Waals surface area (Å²) in [6.45, 7) is 7.04. The Morgan fingerprint density at radius 1 is 1.33 bits per heavy atom. The van der Waals surface area contributed by atoms with Gasteiger partial charge >= 0.3 is 5.97 Å². The van der Waals surface area contributed by atoms with Crippen molar-refractivity contribution in [3.63, 3.8) is 0 Å². The SMILES string of the molecule is C1CCOC1.CC(=O)OC(C)C. The van der Waals surface area contributed by atoms with E-state index >= 15 is 0 Å². The summed E-state index contributed by atoms with van der Waals surface area (Å²) in [6.07, 6.45) is 2.58. The summed E-state index contributed by atoms with van der Waals surface area (Å²) in [5.74, 6) is -0.213. The molecule has 0 spiro atoms. The first-order valence-electron chi connectivity index (χ1n) is 4.38. The molecule has 0 aromatic carbocycles. The van der Waals surface area contributed by atoms with Crippen molar-refractivity contribution in [3.05, 3.63) is 0 Å². The van der Waals surface area contributed by atoms with E-state index < -0.39 is 0 Å². The van der Waals surface area contributed by atoms with Gasteiger partial charge in [0, 0.05) is 20.1 Å². The molecule has 0 unspecified atom stereocenters. The topological polar surface area (TPSA) is 35.5 Å². The van der Waals surface area contributed by atoms with Crippen LogP contribution in [0.2, 0.25) is 0 Å². The summed E-state index contributed by atoms with van der Waals surface area (Å²) in [5.41, 5.74) is 0. The molecular formula is C9H18O3. The van der Waals surface area contributed by atoms with Crippen molar-refractivity contribution < 1.29 is 14.3 Å². The Labute approximate surface area is 74.0 Å². The molecule has 1 heterocycles. The highest BCUT2D eigenvalue weighted by Crippen LogP contribution is 1.98. The molecule has 0 N–H and O–H groups in total. The molecule has 3 heteroatoms. The van der Waals surface area contributed by atoms with E-state index in [1.165, 1.54) is 19.8 Å². The van der Waals surface area contributed by atoms with Crippen LogP contribution in [0.4, 0.5) is 0 Å². The minimum Gasteiger partial charge on any atom is -0.463 e. The average molecular weight is 174 g/mol. The first-order valence-corrected chi connectivity index (χ1v) is 4.38. The van der Waals surface area contributed by atoms with Crippen LogP contribution in [-0.4, -0.2) is 25.3 Å². The van der Waals surface area contributed by atoms with E-state index in [0.717, 1.165) is 13.2 Å². The molecule has 0 radical (unpaired) electrons. The van der Waals surface area contributed by atoms with Crippen LogP contribution in [0.25, 0.3) is 0 Å². The van der Waals surface area contributed by atoms with E-state index in [0.29, 0.717) is 0 Å². The molecule has 72 valence electrons.